The summed E-state index contributed by atoms with van der Waals surface area (Å²) in [5.41, 5.74) is 0.634. The van der Waals surface area contributed by atoms with Crippen molar-refractivity contribution in [3.05, 3.63) is 29.6 Å². The number of benzene rings is 1. The van der Waals surface area contributed by atoms with Gasteiger partial charge in [0.15, 0.2) is 0 Å². The highest BCUT2D eigenvalue weighted by Gasteiger charge is 2.10. The Labute approximate surface area is 106 Å². The lowest BCUT2D eigenvalue weighted by molar-refractivity contribution is 0.191. The van der Waals surface area contributed by atoms with Gasteiger partial charge in [-0.1, -0.05) is 6.92 Å². The Bertz CT molecular complexity index is 342. The van der Waals surface area contributed by atoms with E-state index in [0.717, 1.165) is 17.9 Å². The first-order valence-corrected chi connectivity index (χ1v) is 6.98. The number of aliphatic hydroxyl groups excluding tert-OH is 1. The second kappa shape index (κ2) is 7.56. The Hall–Kier alpha value is -0.740. The van der Waals surface area contributed by atoms with Crippen LogP contribution in [0.3, 0.4) is 0 Å². The van der Waals surface area contributed by atoms with E-state index in [2.05, 4.69) is 6.92 Å². The van der Waals surface area contributed by atoms with E-state index in [1.165, 1.54) is 12.1 Å². The maximum absolute atomic E-state index is 13.1. The Kier molecular flexibility index (Phi) is 6.37. The molecule has 0 spiro atoms. The zero-order chi connectivity index (χ0) is 12.7. The largest absolute Gasteiger partial charge is 0.493 e. The fourth-order valence-electron chi connectivity index (χ4n) is 1.47. The predicted molar refractivity (Wildman–Crippen MR) is 70.1 cm³/mol. The van der Waals surface area contributed by atoms with Crippen molar-refractivity contribution in [2.45, 2.75) is 26.4 Å². The first-order valence-electron chi connectivity index (χ1n) is 5.83. The van der Waals surface area contributed by atoms with Gasteiger partial charge >= 0.3 is 0 Å². The third-order valence-corrected chi connectivity index (χ3v) is 3.31. The average molecular weight is 258 g/mol. The smallest absolute Gasteiger partial charge is 0.127 e. The third-order valence-electron chi connectivity index (χ3n) is 2.32. The maximum Gasteiger partial charge on any atom is 0.127 e. The van der Waals surface area contributed by atoms with Gasteiger partial charge in [-0.3, -0.25) is 0 Å². The molecule has 0 aliphatic heterocycles. The molecule has 1 aromatic rings. The molecule has 96 valence electrons. The lowest BCUT2D eigenvalue weighted by atomic mass is 10.1. The van der Waals surface area contributed by atoms with Gasteiger partial charge in [0.2, 0.25) is 0 Å². The fourth-order valence-corrected chi connectivity index (χ4v) is 2.08. The molecule has 0 saturated heterocycles. The van der Waals surface area contributed by atoms with Crippen LogP contribution in [0.4, 0.5) is 4.39 Å². The van der Waals surface area contributed by atoms with Crippen LogP contribution in [-0.2, 0) is 0 Å². The summed E-state index contributed by atoms with van der Waals surface area (Å²) in [5, 5.41) is 9.53. The molecule has 0 heterocycles. The van der Waals surface area contributed by atoms with Crippen LogP contribution in [-0.4, -0.2) is 23.2 Å². The number of aliphatic hydroxyl groups is 1. The minimum atomic E-state index is -0.643. The van der Waals surface area contributed by atoms with Gasteiger partial charge in [-0.15, -0.1) is 0 Å². The quantitative estimate of drug-likeness (QED) is 0.760. The summed E-state index contributed by atoms with van der Waals surface area (Å²) in [6.45, 7) is 4.31. The second-order valence-electron chi connectivity index (χ2n) is 3.76. The van der Waals surface area contributed by atoms with Crippen LogP contribution in [0.15, 0.2) is 18.2 Å². The highest BCUT2D eigenvalue weighted by atomic mass is 32.2. The van der Waals surface area contributed by atoms with Gasteiger partial charge in [0.25, 0.3) is 0 Å². The lowest BCUT2D eigenvalue weighted by Crippen LogP contribution is -2.03. The Morgan fingerprint density at radius 3 is 2.88 bits per heavy atom. The lowest BCUT2D eigenvalue weighted by Gasteiger charge is -2.13. The van der Waals surface area contributed by atoms with E-state index in [9.17, 15) is 9.50 Å². The number of hydrogen-bond donors (Lipinski definition) is 1. The zero-order valence-electron chi connectivity index (χ0n) is 10.3. The molecule has 2 nitrogen and oxygen atoms in total. The van der Waals surface area contributed by atoms with Gasteiger partial charge in [0, 0.05) is 11.6 Å². The highest BCUT2D eigenvalue weighted by molar-refractivity contribution is 7.99. The van der Waals surface area contributed by atoms with E-state index in [4.69, 9.17) is 4.74 Å². The van der Waals surface area contributed by atoms with Crippen molar-refractivity contribution in [3.63, 3.8) is 0 Å². The third kappa shape index (κ3) is 4.96. The van der Waals surface area contributed by atoms with Crippen LogP contribution >= 0.6 is 11.8 Å². The first-order chi connectivity index (χ1) is 8.15. The van der Waals surface area contributed by atoms with Crippen molar-refractivity contribution in [1.82, 2.24) is 0 Å². The van der Waals surface area contributed by atoms with Crippen molar-refractivity contribution < 1.29 is 14.2 Å². The molecule has 0 radical (unpaired) electrons. The van der Waals surface area contributed by atoms with Gasteiger partial charge in [0.1, 0.15) is 11.6 Å². The molecule has 0 aliphatic carbocycles. The summed E-state index contributed by atoms with van der Waals surface area (Å²) in [5.74, 6) is 2.24. The second-order valence-corrected chi connectivity index (χ2v) is 5.15. The van der Waals surface area contributed by atoms with E-state index in [0.29, 0.717) is 17.9 Å². The van der Waals surface area contributed by atoms with E-state index < -0.39 is 6.10 Å². The molecule has 1 aromatic carbocycles. The summed E-state index contributed by atoms with van der Waals surface area (Å²) in [6, 6.07) is 4.23. The molecule has 0 bridgehead atoms. The summed E-state index contributed by atoms with van der Waals surface area (Å²) < 4.78 is 18.6. The van der Waals surface area contributed by atoms with Gasteiger partial charge in [-0.05, 0) is 37.0 Å². The van der Waals surface area contributed by atoms with Crippen molar-refractivity contribution in [3.8, 4) is 5.75 Å². The predicted octanol–water partition coefficient (Wildman–Crippen LogP) is 3.40. The van der Waals surface area contributed by atoms with E-state index in [1.54, 1.807) is 13.0 Å². The summed E-state index contributed by atoms with van der Waals surface area (Å²) in [6.07, 6.45) is 0.282. The van der Waals surface area contributed by atoms with Crippen LogP contribution in [0.1, 0.15) is 31.9 Å². The van der Waals surface area contributed by atoms with Crippen molar-refractivity contribution >= 4 is 11.8 Å². The molecular formula is C13H19FO2S. The molecule has 1 rings (SSSR count). The summed E-state index contributed by atoms with van der Waals surface area (Å²) in [4.78, 5) is 0. The number of ether oxygens (including phenoxy) is 1. The van der Waals surface area contributed by atoms with Gasteiger partial charge in [0.05, 0.1) is 12.7 Å². The van der Waals surface area contributed by atoms with Crippen molar-refractivity contribution in [1.29, 1.82) is 0 Å². The molecule has 0 saturated carbocycles. The molecule has 0 aliphatic rings. The molecule has 1 atom stereocenters. The molecule has 17 heavy (non-hydrogen) atoms. The van der Waals surface area contributed by atoms with Gasteiger partial charge in [-0.2, -0.15) is 11.8 Å². The van der Waals surface area contributed by atoms with Crippen LogP contribution in [0.2, 0.25) is 0 Å². The van der Waals surface area contributed by atoms with Crippen LogP contribution < -0.4 is 4.74 Å². The van der Waals surface area contributed by atoms with Gasteiger partial charge in [-0.25, -0.2) is 4.39 Å². The normalized spacial score (nSPS) is 12.5. The highest BCUT2D eigenvalue weighted by Crippen LogP contribution is 2.26. The SMILES string of the molecule is CCSCCCOc1cc(F)ccc1[C@H](C)O. The van der Waals surface area contributed by atoms with Crippen molar-refractivity contribution in [2.75, 3.05) is 18.1 Å². The number of rotatable bonds is 7. The minimum absolute atomic E-state index is 0.340. The van der Waals surface area contributed by atoms with E-state index in [1.807, 2.05) is 11.8 Å². The van der Waals surface area contributed by atoms with Crippen LogP contribution in [0, 0.1) is 5.82 Å². The topological polar surface area (TPSA) is 29.5 Å². The molecule has 0 amide bonds. The molecule has 0 aromatic heterocycles. The summed E-state index contributed by atoms with van der Waals surface area (Å²) >= 11 is 1.85. The molecule has 4 heteroatoms. The van der Waals surface area contributed by atoms with Gasteiger partial charge < -0.3 is 9.84 Å². The van der Waals surface area contributed by atoms with E-state index in [-0.39, 0.29) is 5.82 Å². The molecule has 0 unspecified atom stereocenters. The number of halogens is 1. The maximum atomic E-state index is 13.1. The van der Waals surface area contributed by atoms with E-state index >= 15 is 0 Å². The summed E-state index contributed by atoms with van der Waals surface area (Å²) in [7, 11) is 0. The molecular weight excluding hydrogens is 239 g/mol. The Morgan fingerprint density at radius 2 is 2.24 bits per heavy atom. The Morgan fingerprint density at radius 1 is 1.47 bits per heavy atom. The Balaban J connectivity index is 2.53. The van der Waals surface area contributed by atoms with Crippen LogP contribution in [0.5, 0.6) is 5.75 Å². The standard InChI is InChI=1S/C13H19FO2S/c1-3-17-8-4-7-16-13-9-11(14)5-6-12(13)10(2)15/h5-6,9-10,15H,3-4,7-8H2,1-2H3/t10-/m0/s1. The number of hydrogen-bond acceptors (Lipinski definition) is 3. The van der Waals surface area contributed by atoms with Crippen molar-refractivity contribution in [2.24, 2.45) is 0 Å². The van der Waals surface area contributed by atoms with Crippen LogP contribution in [0.25, 0.3) is 0 Å². The molecule has 1 N–H and O–H groups in total. The fraction of sp³-hybridized carbons (Fsp3) is 0.538. The molecule has 0 fully saturated rings. The number of thioether (sulfide) groups is 1. The first kappa shape index (κ1) is 14.3. The monoisotopic (exact) mass is 258 g/mol. The zero-order valence-corrected chi connectivity index (χ0v) is 11.1. The minimum Gasteiger partial charge on any atom is -0.493 e. The average Bonchev–Trinajstić information content (AvgIpc) is 2.28.